The van der Waals surface area contributed by atoms with Crippen molar-refractivity contribution < 1.29 is 19.6 Å². The highest BCUT2D eigenvalue weighted by atomic mass is 16.6. The quantitative estimate of drug-likeness (QED) is 0.202. The fourth-order valence-electron chi connectivity index (χ4n) is 3.85. The zero-order chi connectivity index (χ0) is 21.6. The van der Waals surface area contributed by atoms with E-state index in [0.717, 1.165) is 19.3 Å². The van der Waals surface area contributed by atoms with Crippen LogP contribution in [0.5, 0.6) is 5.75 Å². The van der Waals surface area contributed by atoms with Crippen molar-refractivity contribution in [2.45, 2.75) is 70.1 Å². The summed E-state index contributed by atoms with van der Waals surface area (Å²) in [6, 6.07) is 2.44. The Hall–Kier alpha value is -2.39. The van der Waals surface area contributed by atoms with Gasteiger partial charge in [0.2, 0.25) is 5.91 Å². The number of ether oxygens (including phenoxy) is 1. The fraction of sp³-hybridized carbons (Fsp3) is 0.650. The summed E-state index contributed by atoms with van der Waals surface area (Å²) < 4.78 is 6.10. The number of aliphatic hydroxyl groups is 1. The molecule has 0 radical (unpaired) electrons. The molecule has 0 aromatic heterocycles. The number of nitro benzene ring substituents is 1. The fourth-order valence-corrected chi connectivity index (χ4v) is 3.85. The van der Waals surface area contributed by atoms with E-state index < -0.39 is 22.7 Å². The van der Waals surface area contributed by atoms with Crippen molar-refractivity contribution in [2.24, 2.45) is 0 Å². The minimum absolute atomic E-state index is 0.0273. The molecule has 2 rings (SSSR count). The molecule has 1 aliphatic rings. The van der Waals surface area contributed by atoms with E-state index in [4.69, 9.17) is 10.5 Å². The Morgan fingerprint density at radius 1 is 1.31 bits per heavy atom. The summed E-state index contributed by atoms with van der Waals surface area (Å²) in [5.74, 6) is 0.413. The van der Waals surface area contributed by atoms with Crippen molar-refractivity contribution in [1.29, 1.82) is 0 Å². The molecule has 2 unspecified atom stereocenters. The number of amides is 1. The summed E-state index contributed by atoms with van der Waals surface area (Å²) in [5, 5.41) is 28.3. The molecule has 5 N–H and O–H groups in total. The van der Waals surface area contributed by atoms with Gasteiger partial charge in [-0.3, -0.25) is 14.9 Å². The molecule has 162 valence electrons. The molecule has 9 nitrogen and oxygen atoms in total. The number of nitrogens with zero attached hydrogens (tertiary/aromatic N) is 1. The van der Waals surface area contributed by atoms with E-state index >= 15 is 0 Å². The number of carbonyl (C=O) groups is 1. The molecular formula is C20H32N4O5. The van der Waals surface area contributed by atoms with Gasteiger partial charge < -0.3 is 26.2 Å². The predicted octanol–water partition coefficient (Wildman–Crippen LogP) is 2.43. The molecule has 2 atom stereocenters. The second kappa shape index (κ2) is 9.89. The standard InChI is InChI=1S/C20H32N4O5/c1-4-20(5-2)19(26)18(23-10-8-6-7-9-17(25)22-3)13-11-14(21)15(24(27)28)12-16(13)29-20/h11-12,18-19,23,26H,4-10,21H2,1-3H3,(H,22,25). The normalized spacial score (nSPS) is 19.9. The van der Waals surface area contributed by atoms with Crippen molar-refractivity contribution in [3.8, 4) is 5.75 Å². The van der Waals surface area contributed by atoms with E-state index in [2.05, 4.69) is 10.6 Å². The second-order valence-corrected chi connectivity index (χ2v) is 7.44. The first-order valence-electron chi connectivity index (χ1n) is 10.2. The summed E-state index contributed by atoms with van der Waals surface area (Å²) in [6.45, 7) is 4.49. The maximum Gasteiger partial charge on any atom is 0.295 e. The van der Waals surface area contributed by atoms with Crippen LogP contribution in [0, 0.1) is 10.1 Å². The molecule has 1 amide bonds. The van der Waals surface area contributed by atoms with Crippen LogP contribution in [0.25, 0.3) is 0 Å². The number of nitrogen functional groups attached to an aromatic ring is 1. The Kier molecular flexibility index (Phi) is 7.80. The summed E-state index contributed by atoms with van der Waals surface area (Å²) in [7, 11) is 1.62. The molecule has 29 heavy (non-hydrogen) atoms. The number of fused-ring (bicyclic) bond motifs is 1. The molecule has 1 aromatic carbocycles. The van der Waals surface area contributed by atoms with Gasteiger partial charge in [0.15, 0.2) is 0 Å². The first-order valence-corrected chi connectivity index (χ1v) is 10.2. The van der Waals surface area contributed by atoms with Crippen molar-refractivity contribution in [2.75, 3.05) is 19.3 Å². The molecule has 0 fully saturated rings. The zero-order valence-electron chi connectivity index (χ0n) is 17.4. The van der Waals surface area contributed by atoms with Crippen molar-refractivity contribution in [1.82, 2.24) is 10.6 Å². The van der Waals surface area contributed by atoms with Gasteiger partial charge in [0.1, 0.15) is 23.1 Å². The minimum Gasteiger partial charge on any atom is -0.484 e. The van der Waals surface area contributed by atoms with Gasteiger partial charge in [-0.05, 0) is 38.3 Å². The van der Waals surface area contributed by atoms with E-state index in [1.54, 1.807) is 7.05 Å². The molecule has 1 aromatic rings. The third-order valence-electron chi connectivity index (χ3n) is 5.78. The maximum absolute atomic E-state index is 11.3. The first kappa shape index (κ1) is 22.9. The van der Waals surface area contributed by atoms with Gasteiger partial charge in [-0.25, -0.2) is 0 Å². The lowest BCUT2D eigenvalue weighted by Gasteiger charge is -2.46. The lowest BCUT2D eigenvalue weighted by molar-refractivity contribution is -0.384. The largest absolute Gasteiger partial charge is 0.484 e. The van der Waals surface area contributed by atoms with Crippen LogP contribution in [0.15, 0.2) is 12.1 Å². The smallest absolute Gasteiger partial charge is 0.295 e. The lowest BCUT2D eigenvalue weighted by Crippen LogP contribution is -2.55. The second-order valence-electron chi connectivity index (χ2n) is 7.44. The van der Waals surface area contributed by atoms with Gasteiger partial charge in [0.05, 0.1) is 17.0 Å². The van der Waals surface area contributed by atoms with E-state index in [-0.39, 0.29) is 17.3 Å². The number of anilines is 1. The Bertz CT molecular complexity index is 736. The number of nitro groups is 1. The molecule has 0 saturated heterocycles. The predicted molar refractivity (Wildman–Crippen MR) is 111 cm³/mol. The third kappa shape index (κ3) is 4.97. The number of hydrogen-bond donors (Lipinski definition) is 4. The number of aliphatic hydroxyl groups excluding tert-OH is 1. The van der Waals surface area contributed by atoms with Crippen molar-refractivity contribution in [3.63, 3.8) is 0 Å². The molecule has 9 heteroatoms. The van der Waals surface area contributed by atoms with Crippen molar-refractivity contribution >= 4 is 17.3 Å². The Labute approximate surface area is 171 Å². The van der Waals surface area contributed by atoms with Crippen LogP contribution in [0.2, 0.25) is 0 Å². The highest BCUT2D eigenvalue weighted by Gasteiger charge is 2.47. The highest BCUT2D eigenvalue weighted by Crippen LogP contribution is 2.45. The first-order chi connectivity index (χ1) is 13.8. The summed E-state index contributed by atoms with van der Waals surface area (Å²) in [6.07, 6.45) is 3.30. The minimum atomic E-state index is -0.826. The van der Waals surface area contributed by atoms with Crippen LogP contribution in [0.3, 0.4) is 0 Å². The molecule has 0 spiro atoms. The number of nitrogens with two attached hydrogens (primary N) is 1. The van der Waals surface area contributed by atoms with Crippen LogP contribution in [-0.4, -0.2) is 41.2 Å². The summed E-state index contributed by atoms with van der Waals surface area (Å²) >= 11 is 0. The van der Waals surface area contributed by atoms with Crippen LogP contribution in [-0.2, 0) is 4.79 Å². The van der Waals surface area contributed by atoms with Crippen LogP contribution in [0.1, 0.15) is 64.0 Å². The molecule has 1 heterocycles. The Morgan fingerprint density at radius 3 is 2.59 bits per heavy atom. The van der Waals surface area contributed by atoms with Gasteiger partial charge in [-0.2, -0.15) is 0 Å². The number of unbranched alkanes of at least 4 members (excludes halogenated alkanes) is 2. The summed E-state index contributed by atoms with van der Waals surface area (Å²) in [4.78, 5) is 22.0. The number of benzene rings is 1. The van der Waals surface area contributed by atoms with Crippen LogP contribution < -0.4 is 21.1 Å². The van der Waals surface area contributed by atoms with Gasteiger partial charge in [0.25, 0.3) is 5.69 Å². The van der Waals surface area contributed by atoms with Crippen LogP contribution in [0.4, 0.5) is 11.4 Å². The zero-order valence-corrected chi connectivity index (χ0v) is 17.4. The number of hydrogen-bond acceptors (Lipinski definition) is 7. The summed E-state index contributed by atoms with van der Waals surface area (Å²) in [5.41, 5.74) is 5.52. The van der Waals surface area contributed by atoms with Crippen molar-refractivity contribution in [3.05, 3.63) is 27.8 Å². The average Bonchev–Trinajstić information content (AvgIpc) is 2.71. The van der Waals surface area contributed by atoms with Gasteiger partial charge in [-0.15, -0.1) is 0 Å². The topological polar surface area (TPSA) is 140 Å². The molecule has 0 bridgehead atoms. The number of rotatable bonds is 10. The van der Waals surface area contributed by atoms with Gasteiger partial charge in [-0.1, -0.05) is 20.3 Å². The molecule has 0 aliphatic carbocycles. The SMILES string of the molecule is CCC1(CC)Oc2cc([N+](=O)[O-])c(N)cc2C(NCCCCCC(=O)NC)C1O. The van der Waals surface area contributed by atoms with E-state index in [0.29, 0.717) is 37.1 Å². The Morgan fingerprint density at radius 2 is 2.00 bits per heavy atom. The highest BCUT2D eigenvalue weighted by molar-refractivity contribution is 5.75. The average molecular weight is 408 g/mol. The van der Waals surface area contributed by atoms with E-state index in [1.165, 1.54) is 12.1 Å². The Balaban J connectivity index is 2.18. The number of carbonyl (C=O) groups excluding carboxylic acids is 1. The van der Waals surface area contributed by atoms with E-state index in [1.807, 2.05) is 13.8 Å². The van der Waals surface area contributed by atoms with Gasteiger partial charge in [0, 0.05) is 19.0 Å². The monoisotopic (exact) mass is 408 g/mol. The molecule has 1 aliphatic heterocycles. The number of nitrogens with one attached hydrogen (secondary N) is 2. The van der Waals surface area contributed by atoms with Crippen LogP contribution >= 0.6 is 0 Å². The lowest BCUT2D eigenvalue weighted by atomic mass is 9.80. The van der Waals surface area contributed by atoms with Gasteiger partial charge >= 0.3 is 0 Å². The molecule has 0 saturated carbocycles. The molecular weight excluding hydrogens is 376 g/mol. The van der Waals surface area contributed by atoms with E-state index in [9.17, 15) is 20.0 Å². The third-order valence-corrected chi connectivity index (χ3v) is 5.78. The maximum atomic E-state index is 11.3.